The molecule has 1 unspecified atom stereocenters. The van der Waals surface area contributed by atoms with Crippen molar-refractivity contribution in [1.82, 2.24) is 4.90 Å². The zero-order valence-electron chi connectivity index (χ0n) is 12.7. The number of anilines is 1. The number of likely N-dealkylation sites (tertiary alicyclic amines) is 1. The standard InChI is InChI=1S/C16H24N2O2S/c1-12(19)13-6-8-18(9-7-13)11-16(20)17-14-4-3-5-15(10-14)21-2/h3-5,10,12-13,19H,6-9,11H2,1-2H3,(H,17,20). The maximum Gasteiger partial charge on any atom is 0.238 e. The largest absolute Gasteiger partial charge is 0.393 e. The van der Waals surface area contributed by atoms with Gasteiger partial charge in [-0.05, 0) is 63.2 Å². The van der Waals surface area contributed by atoms with Crippen molar-refractivity contribution >= 4 is 23.4 Å². The number of rotatable bonds is 5. The molecule has 1 fully saturated rings. The lowest BCUT2D eigenvalue weighted by molar-refractivity contribution is -0.117. The van der Waals surface area contributed by atoms with Crippen LogP contribution in [0.5, 0.6) is 0 Å². The van der Waals surface area contributed by atoms with Crippen LogP contribution in [0.2, 0.25) is 0 Å². The van der Waals surface area contributed by atoms with Crippen LogP contribution in [0.3, 0.4) is 0 Å². The van der Waals surface area contributed by atoms with Crippen LogP contribution in [-0.4, -0.2) is 47.9 Å². The smallest absolute Gasteiger partial charge is 0.238 e. The van der Waals surface area contributed by atoms with Crippen LogP contribution in [-0.2, 0) is 4.79 Å². The molecule has 1 aliphatic heterocycles. The van der Waals surface area contributed by atoms with Crippen molar-refractivity contribution in [2.24, 2.45) is 5.92 Å². The number of benzene rings is 1. The quantitative estimate of drug-likeness (QED) is 0.820. The SMILES string of the molecule is CSc1cccc(NC(=O)CN2CCC(C(C)O)CC2)c1. The van der Waals surface area contributed by atoms with Crippen LogP contribution in [0.25, 0.3) is 0 Å². The Morgan fingerprint density at radius 2 is 2.19 bits per heavy atom. The minimum atomic E-state index is -0.240. The lowest BCUT2D eigenvalue weighted by Gasteiger charge is -2.32. The third kappa shape index (κ3) is 5.02. The summed E-state index contributed by atoms with van der Waals surface area (Å²) in [5.41, 5.74) is 0.853. The molecular weight excluding hydrogens is 284 g/mol. The van der Waals surface area contributed by atoms with Crippen molar-refractivity contribution in [3.63, 3.8) is 0 Å². The summed E-state index contributed by atoms with van der Waals surface area (Å²) in [6, 6.07) is 7.89. The fraction of sp³-hybridized carbons (Fsp3) is 0.562. The molecule has 1 amide bonds. The van der Waals surface area contributed by atoms with Crippen LogP contribution in [0.4, 0.5) is 5.69 Å². The summed E-state index contributed by atoms with van der Waals surface area (Å²) < 4.78 is 0. The number of hydrogen-bond donors (Lipinski definition) is 2. The van der Waals surface area contributed by atoms with Gasteiger partial charge in [0.15, 0.2) is 0 Å². The van der Waals surface area contributed by atoms with Crippen LogP contribution in [0.1, 0.15) is 19.8 Å². The van der Waals surface area contributed by atoms with E-state index in [1.165, 1.54) is 0 Å². The predicted molar refractivity (Wildman–Crippen MR) is 87.7 cm³/mol. The minimum Gasteiger partial charge on any atom is -0.393 e. The van der Waals surface area contributed by atoms with E-state index in [1.54, 1.807) is 11.8 Å². The van der Waals surface area contributed by atoms with Gasteiger partial charge in [0.1, 0.15) is 0 Å². The van der Waals surface area contributed by atoms with Gasteiger partial charge < -0.3 is 10.4 Å². The molecule has 1 saturated heterocycles. The third-order valence-electron chi connectivity index (χ3n) is 4.04. The molecule has 0 spiro atoms. The summed E-state index contributed by atoms with van der Waals surface area (Å²) in [5.74, 6) is 0.409. The predicted octanol–water partition coefficient (Wildman–Crippen LogP) is 2.44. The van der Waals surface area contributed by atoms with E-state index < -0.39 is 0 Å². The first kappa shape index (κ1) is 16.3. The number of amides is 1. The van der Waals surface area contributed by atoms with Crippen molar-refractivity contribution in [2.45, 2.75) is 30.8 Å². The summed E-state index contributed by atoms with van der Waals surface area (Å²) in [6.07, 6.45) is 3.71. The van der Waals surface area contributed by atoms with E-state index >= 15 is 0 Å². The van der Waals surface area contributed by atoms with Gasteiger partial charge in [-0.1, -0.05) is 6.07 Å². The van der Waals surface area contributed by atoms with Gasteiger partial charge in [0.05, 0.1) is 12.6 Å². The number of aliphatic hydroxyl groups excluding tert-OH is 1. The van der Waals surface area contributed by atoms with Crippen molar-refractivity contribution < 1.29 is 9.90 Å². The summed E-state index contributed by atoms with van der Waals surface area (Å²) in [5, 5.41) is 12.5. The molecule has 1 aliphatic rings. The highest BCUT2D eigenvalue weighted by Gasteiger charge is 2.23. The van der Waals surface area contributed by atoms with Gasteiger partial charge in [-0.25, -0.2) is 0 Å². The lowest BCUT2D eigenvalue weighted by Crippen LogP contribution is -2.41. The van der Waals surface area contributed by atoms with Gasteiger partial charge in [-0.3, -0.25) is 9.69 Å². The van der Waals surface area contributed by atoms with E-state index in [-0.39, 0.29) is 12.0 Å². The molecule has 0 bridgehead atoms. The fourth-order valence-corrected chi connectivity index (χ4v) is 3.16. The maximum atomic E-state index is 12.1. The highest BCUT2D eigenvalue weighted by Crippen LogP contribution is 2.21. The first-order chi connectivity index (χ1) is 10.1. The van der Waals surface area contributed by atoms with Crippen LogP contribution in [0, 0.1) is 5.92 Å². The zero-order valence-corrected chi connectivity index (χ0v) is 13.5. The summed E-state index contributed by atoms with van der Waals surface area (Å²) in [4.78, 5) is 15.4. The van der Waals surface area contributed by atoms with Gasteiger partial charge in [0.25, 0.3) is 0 Å². The molecule has 1 atom stereocenters. The van der Waals surface area contributed by atoms with E-state index in [9.17, 15) is 9.90 Å². The fourth-order valence-electron chi connectivity index (χ4n) is 2.70. The Balaban J connectivity index is 1.80. The van der Waals surface area contributed by atoms with Crippen molar-refractivity contribution in [2.75, 3.05) is 31.2 Å². The third-order valence-corrected chi connectivity index (χ3v) is 4.76. The molecule has 21 heavy (non-hydrogen) atoms. The number of carbonyl (C=O) groups excluding carboxylic acids is 1. The molecule has 0 aliphatic carbocycles. The van der Waals surface area contributed by atoms with Crippen LogP contribution < -0.4 is 5.32 Å². The summed E-state index contributed by atoms with van der Waals surface area (Å²) in [7, 11) is 0. The normalized spacial score (nSPS) is 18.4. The molecule has 0 aromatic heterocycles. The Hall–Kier alpha value is -1.04. The monoisotopic (exact) mass is 308 g/mol. The lowest BCUT2D eigenvalue weighted by atomic mass is 9.92. The van der Waals surface area contributed by atoms with Crippen molar-refractivity contribution in [3.05, 3.63) is 24.3 Å². The highest BCUT2D eigenvalue weighted by molar-refractivity contribution is 7.98. The molecule has 5 heteroatoms. The first-order valence-corrected chi connectivity index (χ1v) is 8.65. The molecule has 2 rings (SSSR count). The van der Waals surface area contributed by atoms with Gasteiger partial charge in [-0.15, -0.1) is 11.8 Å². The molecular formula is C16H24N2O2S. The molecule has 2 N–H and O–H groups in total. The number of piperidine rings is 1. The average molecular weight is 308 g/mol. The molecule has 0 radical (unpaired) electrons. The van der Waals surface area contributed by atoms with E-state index in [4.69, 9.17) is 0 Å². The number of carbonyl (C=O) groups is 1. The molecule has 4 nitrogen and oxygen atoms in total. The summed E-state index contributed by atoms with van der Waals surface area (Å²) >= 11 is 1.66. The van der Waals surface area contributed by atoms with E-state index in [1.807, 2.05) is 37.4 Å². The van der Waals surface area contributed by atoms with Crippen LogP contribution >= 0.6 is 11.8 Å². The highest BCUT2D eigenvalue weighted by atomic mass is 32.2. The van der Waals surface area contributed by atoms with Crippen molar-refractivity contribution in [1.29, 1.82) is 0 Å². The van der Waals surface area contributed by atoms with Gasteiger partial charge in [0.2, 0.25) is 5.91 Å². The Morgan fingerprint density at radius 3 is 2.81 bits per heavy atom. The number of nitrogens with one attached hydrogen (secondary N) is 1. The van der Waals surface area contributed by atoms with Gasteiger partial charge in [0, 0.05) is 10.6 Å². The number of thioether (sulfide) groups is 1. The minimum absolute atomic E-state index is 0.0313. The first-order valence-electron chi connectivity index (χ1n) is 7.43. The van der Waals surface area contributed by atoms with Crippen molar-refractivity contribution in [3.8, 4) is 0 Å². The zero-order chi connectivity index (χ0) is 15.2. The van der Waals surface area contributed by atoms with Gasteiger partial charge in [-0.2, -0.15) is 0 Å². The number of aliphatic hydroxyl groups is 1. The Labute approximate surface area is 130 Å². The van der Waals surface area contributed by atoms with Gasteiger partial charge >= 0.3 is 0 Å². The number of nitrogens with zero attached hydrogens (tertiary/aromatic N) is 1. The number of hydrogen-bond acceptors (Lipinski definition) is 4. The molecule has 1 aromatic carbocycles. The summed E-state index contributed by atoms with van der Waals surface area (Å²) in [6.45, 7) is 4.05. The molecule has 1 aromatic rings. The average Bonchev–Trinajstić information content (AvgIpc) is 2.47. The Kier molecular flexibility index (Phi) is 6.08. The molecule has 0 saturated carbocycles. The molecule has 116 valence electrons. The van der Waals surface area contributed by atoms with Crippen LogP contribution in [0.15, 0.2) is 29.2 Å². The maximum absolute atomic E-state index is 12.1. The molecule has 1 heterocycles. The Morgan fingerprint density at radius 1 is 1.48 bits per heavy atom. The second-order valence-corrected chi connectivity index (χ2v) is 6.51. The van der Waals surface area contributed by atoms with E-state index in [2.05, 4.69) is 10.2 Å². The van der Waals surface area contributed by atoms with E-state index in [0.717, 1.165) is 36.5 Å². The Bertz CT molecular complexity index is 471. The second kappa shape index (κ2) is 7.82. The second-order valence-electron chi connectivity index (χ2n) is 5.63. The topological polar surface area (TPSA) is 52.6 Å². The van der Waals surface area contributed by atoms with E-state index in [0.29, 0.717) is 12.5 Å².